The Morgan fingerprint density at radius 2 is 1.94 bits per heavy atom. The highest BCUT2D eigenvalue weighted by molar-refractivity contribution is 5.01. The Bertz CT molecular complexity index is 388. The van der Waals surface area contributed by atoms with Crippen LogP contribution in [0.5, 0.6) is 0 Å². The van der Waals surface area contributed by atoms with Crippen LogP contribution in [0.2, 0.25) is 0 Å². The highest BCUT2D eigenvalue weighted by Gasteiger charge is 2.22. The summed E-state index contributed by atoms with van der Waals surface area (Å²) >= 11 is 0. The summed E-state index contributed by atoms with van der Waals surface area (Å²) < 4.78 is 1.98. The van der Waals surface area contributed by atoms with E-state index in [1.54, 1.807) is 0 Å². The van der Waals surface area contributed by atoms with Gasteiger partial charge in [0.15, 0.2) is 5.82 Å². The van der Waals surface area contributed by atoms with Crippen LogP contribution >= 0.6 is 0 Å². The fourth-order valence-electron chi connectivity index (χ4n) is 2.87. The average Bonchev–Trinajstić information content (AvgIpc) is 3.14. The molecule has 1 heterocycles. The normalized spacial score (nSPS) is 21.4. The van der Waals surface area contributed by atoms with Gasteiger partial charge in [0.1, 0.15) is 5.82 Å². The monoisotopic (exact) mass is 248 g/mol. The minimum Gasteiger partial charge on any atom is -0.314 e. The second-order valence-electron chi connectivity index (χ2n) is 5.82. The van der Waals surface area contributed by atoms with E-state index in [1.165, 1.54) is 44.9 Å². The van der Waals surface area contributed by atoms with Gasteiger partial charge in [0.05, 0.1) is 0 Å². The summed E-state index contributed by atoms with van der Waals surface area (Å²) in [7, 11) is 2.03. The van der Waals surface area contributed by atoms with Crippen LogP contribution in [0.15, 0.2) is 0 Å². The number of nitrogens with zero attached hydrogens (tertiary/aromatic N) is 3. The summed E-state index contributed by atoms with van der Waals surface area (Å²) in [5.74, 6) is 2.86. The molecule has 1 aromatic heterocycles. The van der Waals surface area contributed by atoms with Crippen molar-refractivity contribution in [3.8, 4) is 0 Å². The van der Waals surface area contributed by atoms with Gasteiger partial charge >= 0.3 is 0 Å². The zero-order valence-electron chi connectivity index (χ0n) is 11.4. The maximum atomic E-state index is 4.76. The molecule has 4 heteroatoms. The van der Waals surface area contributed by atoms with Gasteiger partial charge < -0.3 is 5.32 Å². The Labute approximate surface area is 109 Å². The van der Waals surface area contributed by atoms with Gasteiger partial charge in [-0.1, -0.05) is 19.3 Å². The van der Waals surface area contributed by atoms with Crippen molar-refractivity contribution in [1.82, 2.24) is 20.1 Å². The number of hydrogen-bond acceptors (Lipinski definition) is 3. The summed E-state index contributed by atoms with van der Waals surface area (Å²) in [6.07, 6.45) is 10.4. The molecule has 0 aromatic carbocycles. The van der Waals surface area contributed by atoms with E-state index in [9.17, 15) is 0 Å². The molecule has 0 amide bonds. The Morgan fingerprint density at radius 1 is 1.17 bits per heavy atom. The predicted molar refractivity (Wildman–Crippen MR) is 71.6 cm³/mol. The van der Waals surface area contributed by atoms with Crippen LogP contribution in [0.25, 0.3) is 0 Å². The van der Waals surface area contributed by atoms with E-state index < -0.39 is 0 Å². The molecule has 0 aliphatic heterocycles. The van der Waals surface area contributed by atoms with E-state index in [0.717, 1.165) is 30.7 Å². The van der Waals surface area contributed by atoms with E-state index in [2.05, 4.69) is 10.4 Å². The van der Waals surface area contributed by atoms with Gasteiger partial charge in [0.25, 0.3) is 0 Å². The predicted octanol–water partition coefficient (Wildman–Crippen LogP) is 2.16. The van der Waals surface area contributed by atoms with Gasteiger partial charge in [-0.05, 0) is 25.7 Å². The third-order valence-corrected chi connectivity index (χ3v) is 4.20. The van der Waals surface area contributed by atoms with Gasteiger partial charge in [-0.3, -0.25) is 4.68 Å². The summed E-state index contributed by atoms with van der Waals surface area (Å²) in [5.41, 5.74) is 0. The molecule has 0 spiro atoms. The van der Waals surface area contributed by atoms with Gasteiger partial charge in [-0.2, -0.15) is 5.10 Å². The van der Waals surface area contributed by atoms with Crippen LogP contribution in [0.4, 0.5) is 0 Å². The van der Waals surface area contributed by atoms with Crippen LogP contribution in [0.3, 0.4) is 0 Å². The Kier molecular flexibility index (Phi) is 3.64. The SMILES string of the molecule is Cn1nc(C2CCCCC2)nc1CCNC1CC1. The quantitative estimate of drug-likeness (QED) is 0.868. The van der Waals surface area contributed by atoms with E-state index in [1.807, 2.05) is 11.7 Å². The van der Waals surface area contributed by atoms with Gasteiger partial charge in [0.2, 0.25) is 0 Å². The number of rotatable bonds is 5. The van der Waals surface area contributed by atoms with Crippen LogP contribution in [-0.4, -0.2) is 27.4 Å². The van der Waals surface area contributed by atoms with Crippen molar-refractivity contribution in [3.05, 3.63) is 11.6 Å². The molecular formula is C14H24N4. The fraction of sp³-hybridized carbons (Fsp3) is 0.857. The highest BCUT2D eigenvalue weighted by atomic mass is 15.3. The van der Waals surface area contributed by atoms with Crippen molar-refractivity contribution >= 4 is 0 Å². The second-order valence-corrected chi connectivity index (χ2v) is 5.82. The topological polar surface area (TPSA) is 42.7 Å². The Balaban J connectivity index is 1.57. The number of hydrogen-bond donors (Lipinski definition) is 1. The van der Waals surface area contributed by atoms with Crippen molar-refractivity contribution in [1.29, 1.82) is 0 Å². The first kappa shape index (κ1) is 12.2. The van der Waals surface area contributed by atoms with Crippen LogP contribution in [0.1, 0.15) is 62.5 Å². The average molecular weight is 248 g/mol. The smallest absolute Gasteiger partial charge is 0.154 e. The van der Waals surface area contributed by atoms with E-state index in [4.69, 9.17) is 4.98 Å². The zero-order chi connectivity index (χ0) is 12.4. The maximum Gasteiger partial charge on any atom is 0.154 e. The minimum absolute atomic E-state index is 0.620. The van der Waals surface area contributed by atoms with Crippen LogP contribution < -0.4 is 5.32 Å². The van der Waals surface area contributed by atoms with Crippen molar-refractivity contribution in [2.75, 3.05) is 6.54 Å². The lowest BCUT2D eigenvalue weighted by atomic mass is 9.89. The van der Waals surface area contributed by atoms with Crippen molar-refractivity contribution in [2.45, 2.75) is 63.3 Å². The molecule has 0 atom stereocenters. The third kappa shape index (κ3) is 2.91. The molecule has 1 aromatic rings. The maximum absolute atomic E-state index is 4.76. The summed E-state index contributed by atoms with van der Waals surface area (Å²) in [6.45, 7) is 1.04. The lowest BCUT2D eigenvalue weighted by Crippen LogP contribution is -2.20. The molecule has 4 nitrogen and oxygen atoms in total. The van der Waals surface area contributed by atoms with E-state index in [-0.39, 0.29) is 0 Å². The van der Waals surface area contributed by atoms with Gasteiger partial charge in [0, 0.05) is 32.0 Å². The van der Waals surface area contributed by atoms with Crippen molar-refractivity contribution < 1.29 is 0 Å². The first-order valence-electron chi connectivity index (χ1n) is 7.46. The molecule has 2 saturated carbocycles. The van der Waals surface area contributed by atoms with Crippen LogP contribution in [-0.2, 0) is 13.5 Å². The first-order chi connectivity index (χ1) is 8.83. The molecule has 2 fully saturated rings. The summed E-state index contributed by atoms with van der Waals surface area (Å²) in [4.78, 5) is 4.76. The van der Waals surface area contributed by atoms with Gasteiger partial charge in [-0.15, -0.1) is 0 Å². The molecule has 0 bridgehead atoms. The minimum atomic E-state index is 0.620. The molecule has 2 aliphatic carbocycles. The number of aryl methyl sites for hydroxylation is 1. The van der Waals surface area contributed by atoms with Crippen molar-refractivity contribution in [2.24, 2.45) is 7.05 Å². The summed E-state index contributed by atoms with van der Waals surface area (Å²) in [6, 6.07) is 0.788. The molecule has 0 saturated heterocycles. The third-order valence-electron chi connectivity index (χ3n) is 4.20. The fourth-order valence-corrected chi connectivity index (χ4v) is 2.87. The zero-order valence-corrected chi connectivity index (χ0v) is 11.4. The summed E-state index contributed by atoms with van der Waals surface area (Å²) in [5, 5.41) is 8.17. The molecule has 0 radical (unpaired) electrons. The standard InChI is InChI=1S/C14H24N4/c1-18-13(9-10-15-12-7-8-12)16-14(17-18)11-5-3-2-4-6-11/h11-12,15H,2-10H2,1H3. The van der Waals surface area contributed by atoms with Crippen molar-refractivity contribution in [3.63, 3.8) is 0 Å². The van der Waals surface area contributed by atoms with E-state index in [0.29, 0.717) is 5.92 Å². The Hall–Kier alpha value is -0.900. The molecule has 0 unspecified atom stereocenters. The molecule has 100 valence electrons. The second kappa shape index (κ2) is 5.39. The van der Waals surface area contributed by atoms with Gasteiger partial charge in [-0.25, -0.2) is 4.98 Å². The van der Waals surface area contributed by atoms with Crippen LogP contribution in [0, 0.1) is 0 Å². The molecule has 18 heavy (non-hydrogen) atoms. The lowest BCUT2D eigenvalue weighted by molar-refractivity contribution is 0.427. The molecule has 2 aliphatic rings. The molecule has 1 N–H and O–H groups in total. The number of nitrogens with one attached hydrogen (secondary N) is 1. The number of aromatic nitrogens is 3. The lowest BCUT2D eigenvalue weighted by Gasteiger charge is -2.18. The highest BCUT2D eigenvalue weighted by Crippen LogP contribution is 2.30. The Morgan fingerprint density at radius 3 is 2.67 bits per heavy atom. The first-order valence-corrected chi connectivity index (χ1v) is 7.46. The molecule has 3 rings (SSSR count). The van der Waals surface area contributed by atoms with E-state index >= 15 is 0 Å². The largest absolute Gasteiger partial charge is 0.314 e. The molecular weight excluding hydrogens is 224 g/mol.